The van der Waals surface area contributed by atoms with E-state index in [2.05, 4.69) is 20.5 Å². The van der Waals surface area contributed by atoms with Crippen LogP contribution < -0.4 is 5.32 Å². The Labute approximate surface area is 194 Å². The second kappa shape index (κ2) is 10.0. The van der Waals surface area contributed by atoms with Gasteiger partial charge in [0, 0.05) is 28.9 Å². The van der Waals surface area contributed by atoms with Gasteiger partial charge in [-0.3, -0.25) is 14.9 Å². The van der Waals surface area contributed by atoms with Gasteiger partial charge in [0.1, 0.15) is 11.4 Å². The van der Waals surface area contributed by atoms with Crippen molar-refractivity contribution in [3.05, 3.63) is 94.5 Å². The van der Waals surface area contributed by atoms with Crippen molar-refractivity contribution in [2.45, 2.75) is 12.1 Å². The number of nitro benzene ring substituents is 1. The van der Waals surface area contributed by atoms with Crippen molar-refractivity contribution in [3.63, 3.8) is 0 Å². The Morgan fingerprint density at radius 3 is 2.18 bits per heavy atom. The van der Waals surface area contributed by atoms with Gasteiger partial charge in [-0.05, 0) is 18.6 Å². The summed E-state index contributed by atoms with van der Waals surface area (Å²) in [5.74, 6) is -0.203. The van der Waals surface area contributed by atoms with Crippen LogP contribution in [-0.2, 0) is 4.79 Å². The summed E-state index contributed by atoms with van der Waals surface area (Å²) in [5, 5.41) is 22.7. The number of nitrogens with one attached hydrogen (secondary N) is 1. The lowest BCUT2D eigenvalue weighted by atomic mass is 10.0. The van der Waals surface area contributed by atoms with Crippen molar-refractivity contribution in [2.75, 3.05) is 11.1 Å². The van der Waals surface area contributed by atoms with E-state index in [0.717, 1.165) is 11.1 Å². The number of rotatable bonds is 7. The number of hydrogen-bond acceptors (Lipinski definition) is 7. The molecule has 0 fully saturated rings. The number of hydrogen-bond donors (Lipinski definition) is 1. The summed E-state index contributed by atoms with van der Waals surface area (Å²) in [7, 11) is 0. The van der Waals surface area contributed by atoms with E-state index in [1.807, 2.05) is 60.7 Å². The molecule has 1 N–H and O–H groups in total. The summed E-state index contributed by atoms with van der Waals surface area (Å²) in [4.78, 5) is 27.6. The molecule has 3 aromatic carbocycles. The number of amides is 1. The monoisotopic (exact) mass is 457 g/mol. The molecule has 0 aliphatic heterocycles. The molecule has 8 nitrogen and oxygen atoms in total. The number of non-ortho nitro benzene ring substituents is 1. The van der Waals surface area contributed by atoms with Crippen LogP contribution in [-0.4, -0.2) is 31.8 Å². The second-order valence-electron chi connectivity index (χ2n) is 7.12. The molecule has 9 heteroatoms. The molecule has 0 aliphatic rings. The van der Waals surface area contributed by atoms with Crippen molar-refractivity contribution in [1.29, 1.82) is 0 Å². The average molecular weight is 458 g/mol. The van der Waals surface area contributed by atoms with Crippen LogP contribution >= 0.6 is 11.8 Å². The number of thioether (sulfide) groups is 1. The zero-order chi connectivity index (χ0) is 23.2. The molecule has 0 spiro atoms. The van der Waals surface area contributed by atoms with Crippen molar-refractivity contribution in [3.8, 4) is 22.5 Å². The number of carbonyl (C=O) groups excluding carboxylic acids is 1. The number of aromatic nitrogens is 3. The maximum Gasteiger partial charge on any atom is 0.269 e. The summed E-state index contributed by atoms with van der Waals surface area (Å²) >= 11 is 1.17. The van der Waals surface area contributed by atoms with Gasteiger partial charge in [-0.25, -0.2) is 4.98 Å². The van der Waals surface area contributed by atoms with Crippen LogP contribution in [0, 0.1) is 17.0 Å². The quantitative estimate of drug-likeness (QED) is 0.232. The van der Waals surface area contributed by atoms with Crippen LogP contribution in [0.2, 0.25) is 0 Å². The third-order valence-corrected chi connectivity index (χ3v) is 5.63. The van der Waals surface area contributed by atoms with Gasteiger partial charge in [0.25, 0.3) is 5.69 Å². The molecule has 4 rings (SSSR count). The molecule has 0 saturated carbocycles. The van der Waals surface area contributed by atoms with Gasteiger partial charge in [0.2, 0.25) is 11.1 Å². The Bertz CT molecular complexity index is 1300. The standard InChI is InChI=1S/C24H19N5O3S/c1-16-14-19(29(31)32)12-13-20(16)25-21(30)15-33-24-26-22(17-8-4-2-5-9-17)23(27-28-24)18-10-6-3-7-11-18/h2-14H,15H2,1H3,(H,25,30). The first kappa shape index (κ1) is 22.1. The predicted octanol–water partition coefficient (Wildman–Crippen LogP) is 5.15. The summed E-state index contributed by atoms with van der Waals surface area (Å²) in [6.45, 7) is 1.71. The summed E-state index contributed by atoms with van der Waals surface area (Å²) in [6.07, 6.45) is 0. The zero-order valence-corrected chi connectivity index (χ0v) is 18.5. The molecule has 0 radical (unpaired) electrons. The first-order chi connectivity index (χ1) is 16.0. The van der Waals surface area contributed by atoms with Gasteiger partial charge in [-0.15, -0.1) is 10.2 Å². The minimum Gasteiger partial charge on any atom is -0.325 e. The van der Waals surface area contributed by atoms with Crippen molar-refractivity contribution in [2.24, 2.45) is 0 Å². The minimum absolute atomic E-state index is 0.0219. The fourth-order valence-corrected chi connectivity index (χ4v) is 3.76. The number of carbonyl (C=O) groups is 1. The minimum atomic E-state index is -0.470. The molecule has 0 saturated heterocycles. The number of benzene rings is 3. The first-order valence-electron chi connectivity index (χ1n) is 10.0. The molecule has 4 aromatic rings. The maximum atomic E-state index is 12.5. The van der Waals surface area contributed by atoms with Gasteiger partial charge in [-0.2, -0.15) is 0 Å². The lowest BCUT2D eigenvalue weighted by molar-refractivity contribution is -0.384. The number of aryl methyl sites for hydroxylation is 1. The van der Waals surface area contributed by atoms with Gasteiger partial charge in [-0.1, -0.05) is 72.4 Å². The molecule has 0 bridgehead atoms. The van der Waals surface area contributed by atoms with Crippen LogP contribution in [0.15, 0.2) is 84.0 Å². The van der Waals surface area contributed by atoms with Crippen LogP contribution in [0.25, 0.3) is 22.5 Å². The maximum absolute atomic E-state index is 12.5. The fraction of sp³-hybridized carbons (Fsp3) is 0.0833. The van der Waals surface area contributed by atoms with E-state index in [4.69, 9.17) is 0 Å². The Morgan fingerprint density at radius 2 is 1.58 bits per heavy atom. The Kier molecular flexibility index (Phi) is 6.70. The highest BCUT2D eigenvalue weighted by Gasteiger charge is 2.15. The second-order valence-corrected chi connectivity index (χ2v) is 8.06. The highest BCUT2D eigenvalue weighted by atomic mass is 32.2. The first-order valence-corrected chi connectivity index (χ1v) is 11.0. The summed E-state index contributed by atoms with van der Waals surface area (Å²) < 4.78 is 0. The smallest absolute Gasteiger partial charge is 0.269 e. The van der Waals surface area contributed by atoms with E-state index in [1.54, 1.807) is 6.92 Å². The number of nitro groups is 1. The van der Waals surface area contributed by atoms with Crippen LogP contribution in [0.3, 0.4) is 0 Å². The zero-order valence-electron chi connectivity index (χ0n) is 17.6. The van der Waals surface area contributed by atoms with E-state index in [0.29, 0.717) is 27.8 Å². The molecule has 0 atom stereocenters. The Balaban J connectivity index is 1.52. The van der Waals surface area contributed by atoms with E-state index < -0.39 is 4.92 Å². The van der Waals surface area contributed by atoms with Gasteiger partial charge in [0.05, 0.1) is 10.7 Å². The molecule has 0 unspecified atom stereocenters. The lowest BCUT2D eigenvalue weighted by Gasteiger charge is -2.10. The third-order valence-electron chi connectivity index (χ3n) is 4.79. The van der Waals surface area contributed by atoms with Crippen molar-refractivity contribution < 1.29 is 9.72 Å². The van der Waals surface area contributed by atoms with Crippen molar-refractivity contribution in [1.82, 2.24) is 15.2 Å². The predicted molar refractivity (Wildman–Crippen MR) is 128 cm³/mol. The Hall–Kier alpha value is -4.11. The molecule has 0 aliphatic carbocycles. The molecule has 33 heavy (non-hydrogen) atoms. The van der Waals surface area contributed by atoms with E-state index in [9.17, 15) is 14.9 Å². The van der Waals surface area contributed by atoms with E-state index in [-0.39, 0.29) is 17.3 Å². The molecular weight excluding hydrogens is 438 g/mol. The molecule has 164 valence electrons. The highest BCUT2D eigenvalue weighted by Crippen LogP contribution is 2.29. The van der Waals surface area contributed by atoms with E-state index >= 15 is 0 Å². The SMILES string of the molecule is Cc1cc([N+](=O)[O-])ccc1NC(=O)CSc1nnc(-c2ccccc2)c(-c2ccccc2)n1. The largest absolute Gasteiger partial charge is 0.325 e. The summed E-state index contributed by atoms with van der Waals surface area (Å²) in [6, 6.07) is 23.7. The lowest BCUT2D eigenvalue weighted by Crippen LogP contribution is -2.15. The highest BCUT2D eigenvalue weighted by molar-refractivity contribution is 7.99. The molecule has 1 aromatic heterocycles. The van der Waals surface area contributed by atoms with E-state index in [1.165, 1.54) is 30.0 Å². The molecular formula is C24H19N5O3S. The average Bonchev–Trinajstić information content (AvgIpc) is 2.85. The Morgan fingerprint density at radius 1 is 0.939 bits per heavy atom. The number of anilines is 1. The number of nitrogens with zero attached hydrogens (tertiary/aromatic N) is 4. The van der Waals surface area contributed by atoms with Gasteiger partial charge < -0.3 is 5.32 Å². The molecule has 1 heterocycles. The molecule has 1 amide bonds. The van der Waals surface area contributed by atoms with Crippen LogP contribution in [0.4, 0.5) is 11.4 Å². The van der Waals surface area contributed by atoms with Crippen LogP contribution in [0.5, 0.6) is 0 Å². The van der Waals surface area contributed by atoms with Gasteiger partial charge >= 0.3 is 0 Å². The van der Waals surface area contributed by atoms with Crippen molar-refractivity contribution >= 4 is 29.0 Å². The fourth-order valence-electron chi connectivity index (χ4n) is 3.18. The third kappa shape index (κ3) is 5.39. The normalized spacial score (nSPS) is 10.6. The summed E-state index contributed by atoms with van der Waals surface area (Å²) in [5.41, 5.74) is 4.27. The van der Waals surface area contributed by atoms with Gasteiger partial charge in [0.15, 0.2) is 0 Å². The van der Waals surface area contributed by atoms with Crippen LogP contribution in [0.1, 0.15) is 5.56 Å². The topological polar surface area (TPSA) is 111 Å².